The molecule has 0 amide bonds. The summed E-state index contributed by atoms with van der Waals surface area (Å²) in [4.78, 5) is 33.3. The van der Waals surface area contributed by atoms with Crippen LogP contribution in [0.15, 0.2) is 59.9 Å². The van der Waals surface area contributed by atoms with E-state index < -0.39 is 23.2 Å². The maximum absolute atomic E-state index is 14.0. The zero-order valence-corrected chi connectivity index (χ0v) is 16.2. The van der Waals surface area contributed by atoms with Crippen LogP contribution in [-0.4, -0.2) is 29.5 Å². The largest absolute Gasteiger partial charge is 0.358 e. The minimum absolute atomic E-state index is 0.0405. The Bertz CT molecular complexity index is 1470. The van der Waals surface area contributed by atoms with E-state index in [1.165, 1.54) is 17.2 Å². The van der Waals surface area contributed by atoms with Crippen LogP contribution >= 0.6 is 0 Å². The fourth-order valence-electron chi connectivity index (χ4n) is 3.50. The van der Waals surface area contributed by atoms with Crippen LogP contribution < -0.4 is 10.9 Å². The minimum Gasteiger partial charge on any atom is -0.358 e. The van der Waals surface area contributed by atoms with Crippen molar-refractivity contribution in [2.45, 2.75) is 13.0 Å². The molecule has 31 heavy (non-hydrogen) atoms. The zero-order valence-electron chi connectivity index (χ0n) is 16.2. The summed E-state index contributed by atoms with van der Waals surface area (Å²) in [5, 5.41) is 3.52. The highest BCUT2D eigenvalue weighted by Crippen LogP contribution is 2.24. The summed E-state index contributed by atoms with van der Waals surface area (Å²) in [6, 6.07) is 9.17. The number of anilines is 1. The maximum Gasteiger partial charge on any atom is 0.266 e. The molecule has 5 rings (SSSR count). The van der Waals surface area contributed by atoms with Gasteiger partial charge >= 0.3 is 0 Å². The predicted octanol–water partition coefficient (Wildman–Crippen LogP) is 3.50. The molecule has 3 aromatic heterocycles. The van der Waals surface area contributed by atoms with Crippen LogP contribution in [0.1, 0.15) is 18.8 Å². The molecule has 0 aliphatic heterocycles. The lowest BCUT2D eigenvalue weighted by atomic mass is 10.2. The topological polar surface area (TPSA) is 101 Å². The van der Waals surface area contributed by atoms with E-state index in [1.807, 2.05) is 0 Å². The third-order valence-electron chi connectivity index (χ3n) is 4.87. The Morgan fingerprint density at radius 2 is 1.84 bits per heavy atom. The van der Waals surface area contributed by atoms with Crippen molar-refractivity contribution in [3.8, 4) is 5.69 Å². The Kier molecular flexibility index (Phi) is 4.39. The van der Waals surface area contributed by atoms with Crippen molar-refractivity contribution in [3.63, 3.8) is 0 Å². The third kappa shape index (κ3) is 3.27. The molecule has 0 saturated carbocycles. The molecule has 0 saturated heterocycles. The number of nitrogens with zero attached hydrogens (tertiary/aromatic N) is 5. The first-order valence-corrected chi connectivity index (χ1v) is 9.40. The molecule has 0 fully saturated rings. The number of rotatable bonds is 4. The van der Waals surface area contributed by atoms with Crippen LogP contribution in [0.5, 0.6) is 0 Å². The number of nitrogens with one attached hydrogen (secondary N) is 2. The molecule has 1 unspecified atom stereocenters. The van der Waals surface area contributed by atoms with E-state index in [0.29, 0.717) is 27.9 Å². The van der Waals surface area contributed by atoms with Crippen LogP contribution in [0.25, 0.3) is 27.8 Å². The number of aromatic nitrogens is 6. The van der Waals surface area contributed by atoms with Gasteiger partial charge in [0.05, 0.1) is 29.0 Å². The smallest absolute Gasteiger partial charge is 0.266 e. The Balaban J connectivity index is 1.71. The molecular weight excluding hydrogens is 404 g/mol. The fourth-order valence-corrected chi connectivity index (χ4v) is 3.50. The van der Waals surface area contributed by atoms with E-state index in [2.05, 4.69) is 30.2 Å². The highest BCUT2D eigenvalue weighted by Gasteiger charge is 2.20. The zero-order chi connectivity index (χ0) is 21.5. The number of imidazole rings is 1. The van der Waals surface area contributed by atoms with E-state index in [-0.39, 0.29) is 11.5 Å². The number of fused-ring (bicyclic) bond motifs is 2. The lowest BCUT2D eigenvalue weighted by molar-refractivity contribution is 0.579. The highest BCUT2D eigenvalue weighted by atomic mass is 19.1. The van der Waals surface area contributed by atoms with Crippen molar-refractivity contribution >= 4 is 27.9 Å². The lowest BCUT2D eigenvalue weighted by Crippen LogP contribution is -2.27. The second-order valence-electron chi connectivity index (χ2n) is 6.94. The SMILES string of the molecule is CC(Nc1ncnc2nc[nH]c12)c1nc2ccccc2c(=O)n1-c1cc(F)cc(F)c1. The summed E-state index contributed by atoms with van der Waals surface area (Å²) in [5.41, 5.74) is 1.13. The predicted molar refractivity (Wildman–Crippen MR) is 111 cm³/mol. The van der Waals surface area contributed by atoms with Gasteiger partial charge in [0, 0.05) is 6.07 Å². The van der Waals surface area contributed by atoms with Crippen LogP contribution in [0.4, 0.5) is 14.6 Å². The summed E-state index contributed by atoms with van der Waals surface area (Å²) in [6.07, 6.45) is 2.86. The second kappa shape index (κ2) is 7.24. The molecule has 0 aliphatic rings. The summed E-state index contributed by atoms with van der Waals surface area (Å²) in [7, 11) is 0. The van der Waals surface area contributed by atoms with E-state index >= 15 is 0 Å². The van der Waals surface area contributed by atoms with Gasteiger partial charge in [-0.15, -0.1) is 0 Å². The van der Waals surface area contributed by atoms with Gasteiger partial charge in [0.25, 0.3) is 5.56 Å². The van der Waals surface area contributed by atoms with Crippen molar-refractivity contribution in [1.29, 1.82) is 0 Å². The van der Waals surface area contributed by atoms with Crippen molar-refractivity contribution < 1.29 is 8.78 Å². The van der Waals surface area contributed by atoms with Crippen LogP contribution in [-0.2, 0) is 0 Å². The molecule has 0 spiro atoms. The number of benzene rings is 2. The van der Waals surface area contributed by atoms with Crippen LogP contribution in [0.3, 0.4) is 0 Å². The molecule has 0 bridgehead atoms. The Morgan fingerprint density at radius 1 is 1.06 bits per heavy atom. The molecule has 8 nitrogen and oxygen atoms in total. The van der Waals surface area contributed by atoms with E-state index in [9.17, 15) is 13.6 Å². The Morgan fingerprint density at radius 3 is 2.65 bits per heavy atom. The van der Waals surface area contributed by atoms with Crippen molar-refractivity contribution in [3.05, 3.63) is 82.9 Å². The molecule has 2 N–H and O–H groups in total. The van der Waals surface area contributed by atoms with Gasteiger partial charge in [-0.25, -0.2) is 28.7 Å². The van der Waals surface area contributed by atoms with Gasteiger partial charge in [-0.05, 0) is 31.2 Å². The molecule has 5 aromatic rings. The average Bonchev–Trinajstić information content (AvgIpc) is 3.23. The molecule has 154 valence electrons. The van der Waals surface area contributed by atoms with E-state index in [4.69, 9.17) is 0 Å². The summed E-state index contributed by atoms with van der Waals surface area (Å²) < 4.78 is 29.1. The number of H-pyrrole nitrogens is 1. The Hall–Kier alpha value is -4.21. The van der Waals surface area contributed by atoms with Gasteiger partial charge in [-0.2, -0.15) is 0 Å². The maximum atomic E-state index is 14.0. The van der Waals surface area contributed by atoms with Crippen molar-refractivity contribution in [2.75, 3.05) is 5.32 Å². The number of aromatic amines is 1. The monoisotopic (exact) mass is 419 g/mol. The molecule has 2 aromatic carbocycles. The second-order valence-corrected chi connectivity index (χ2v) is 6.94. The van der Waals surface area contributed by atoms with Gasteiger partial charge in [0.1, 0.15) is 29.3 Å². The number of para-hydroxylation sites is 1. The average molecular weight is 419 g/mol. The van der Waals surface area contributed by atoms with Crippen LogP contribution in [0.2, 0.25) is 0 Å². The summed E-state index contributed by atoms with van der Waals surface area (Å²) in [6.45, 7) is 1.77. The van der Waals surface area contributed by atoms with Gasteiger partial charge < -0.3 is 10.3 Å². The minimum atomic E-state index is -0.795. The molecular formula is C21H15F2N7O. The first kappa shape index (κ1) is 18.8. The third-order valence-corrected chi connectivity index (χ3v) is 4.87. The van der Waals surface area contributed by atoms with Gasteiger partial charge in [-0.1, -0.05) is 12.1 Å². The van der Waals surface area contributed by atoms with Crippen molar-refractivity contribution in [1.82, 2.24) is 29.5 Å². The van der Waals surface area contributed by atoms with Gasteiger partial charge in [0.2, 0.25) is 0 Å². The van der Waals surface area contributed by atoms with Gasteiger partial charge in [-0.3, -0.25) is 9.36 Å². The molecule has 3 heterocycles. The quantitative estimate of drug-likeness (QED) is 0.462. The van der Waals surface area contributed by atoms with Gasteiger partial charge in [0.15, 0.2) is 11.5 Å². The standard InChI is InChI=1S/C21H15F2N7O/c1-11(28-19-17-18(25-9-24-17)26-10-27-19)20-29-16-5-3-2-4-15(16)21(31)30(20)14-7-12(22)6-13(23)8-14/h2-11H,1H3,(H2,24,25,26,27,28). The Labute approximate surface area is 173 Å². The lowest BCUT2D eigenvalue weighted by Gasteiger charge is -2.20. The van der Waals surface area contributed by atoms with E-state index in [0.717, 1.165) is 18.2 Å². The number of hydrogen-bond donors (Lipinski definition) is 2. The summed E-state index contributed by atoms with van der Waals surface area (Å²) >= 11 is 0. The fraction of sp³-hybridized carbons (Fsp3) is 0.0952. The molecule has 0 radical (unpaired) electrons. The first-order chi connectivity index (χ1) is 15.0. The van der Waals surface area contributed by atoms with E-state index in [1.54, 1.807) is 31.2 Å². The number of halogens is 2. The highest BCUT2D eigenvalue weighted by molar-refractivity contribution is 5.82. The van der Waals surface area contributed by atoms with Crippen LogP contribution in [0, 0.1) is 11.6 Å². The normalized spacial score (nSPS) is 12.4. The molecule has 0 aliphatic carbocycles. The number of hydrogen-bond acceptors (Lipinski definition) is 6. The summed E-state index contributed by atoms with van der Waals surface area (Å²) in [5.74, 6) is -0.873. The van der Waals surface area contributed by atoms with Crippen molar-refractivity contribution in [2.24, 2.45) is 0 Å². The molecule has 1 atom stereocenters. The molecule has 10 heteroatoms. The first-order valence-electron chi connectivity index (χ1n) is 9.40.